The SMILES string of the molecule is CCCSc1ccc(C(F)(F)F)cc1C1=NC(CCC)C2N(CCC)NC(=Nc3ccccc3)N2c2cc(C#N)cc(Cl)c21. The summed E-state index contributed by atoms with van der Waals surface area (Å²) in [6, 6.07) is 18.5. The summed E-state index contributed by atoms with van der Waals surface area (Å²) in [6.45, 7) is 6.85. The van der Waals surface area contributed by atoms with E-state index in [2.05, 4.69) is 30.4 Å². The second-order valence-electron chi connectivity index (χ2n) is 10.7. The highest BCUT2D eigenvalue weighted by molar-refractivity contribution is 7.99. The average Bonchev–Trinajstić information content (AvgIpc) is 3.27. The molecule has 1 N–H and O–H groups in total. The van der Waals surface area contributed by atoms with Crippen molar-refractivity contribution in [3.8, 4) is 6.07 Å². The molecule has 0 bridgehead atoms. The fourth-order valence-electron chi connectivity index (χ4n) is 5.60. The predicted octanol–water partition coefficient (Wildman–Crippen LogP) is 8.80. The van der Waals surface area contributed by atoms with Crippen LogP contribution in [-0.4, -0.2) is 41.2 Å². The fourth-order valence-corrected chi connectivity index (χ4v) is 6.81. The zero-order valence-electron chi connectivity index (χ0n) is 24.8. The molecule has 2 aliphatic rings. The van der Waals surface area contributed by atoms with Crippen LogP contribution in [0.25, 0.3) is 0 Å². The number of hydrazine groups is 1. The number of rotatable bonds is 9. The standard InChI is InChI=1S/C33H34ClF3N6S/c1-4-10-26-31-42(15-5-2)41-32(39-23-11-8-7-9-12-23)43(31)27-18-21(20-38)17-25(34)29(27)30(40-26)24-19-22(33(35,36)37)13-14-28(24)44-16-6-3/h7-9,11-14,17-19,26,31H,4-6,10,15-16H2,1-3H3,(H,39,41). The number of para-hydroxylation sites is 1. The van der Waals surface area contributed by atoms with Crippen molar-refractivity contribution >= 4 is 46.4 Å². The van der Waals surface area contributed by atoms with Crippen LogP contribution in [0.5, 0.6) is 0 Å². The minimum atomic E-state index is -4.54. The van der Waals surface area contributed by atoms with Gasteiger partial charge in [-0.3, -0.25) is 15.3 Å². The van der Waals surface area contributed by atoms with Crippen molar-refractivity contribution in [2.24, 2.45) is 9.98 Å². The molecule has 44 heavy (non-hydrogen) atoms. The van der Waals surface area contributed by atoms with E-state index in [4.69, 9.17) is 21.6 Å². The van der Waals surface area contributed by atoms with Crippen molar-refractivity contribution in [2.75, 3.05) is 17.2 Å². The van der Waals surface area contributed by atoms with Crippen LogP contribution in [0.1, 0.15) is 68.7 Å². The van der Waals surface area contributed by atoms with E-state index in [1.807, 2.05) is 42.2 Å². The summed E-state index contributed by atoms with van der Waals surface area (Å²) in [6.07, 6.45) is -1.75. The topological polar surface area (TPSA) is 67.0 Å². The van der Waals surface area contributed by atoms with Gasteiger partial charge in [0.25, 0.3) is 0 Å². The van der Waals surface area contributed by atoms with Crippen LogP contribution in [0.2, 0.25) is 5.02 Å². The van der Waals surface area contributed by atoms with Gasteiger partial charge in [0, 0.05) is 22.6 Å². The summed E-state index contributed by atoms with van der Waals surface area (Å²) < 4.78 is 42.3. The van der Waals surface area contributed by atoms with Gasteiger partial charge in [0.1, 0.15) is 6.17 Å². The van der Waals surface area contributed by atoms with E-state index in [1.165, 1.54) is 23.9 Å². The van der Waals surface area contributed by atoms with Crippen LogP contribution in [0.3, 0.4) is 0 Å². The molecule has 1 fully saturated rings. The lowest BCUT2D eigenvalue weighted by atomic mass is 9.97. The molecule has 230 valence electrons. The molecule has 0 spiro atoms. The molecular formula is C33H34ClF3N6S. The summed E-state index contributed by atoms with van der Waals surface area (Å²) in [5, 5.41) is 12.3. The normalized spacial score (nSPS) is 19.2. The van der Waals surface area contributed by atoms with E-state index >= 15 is 0 Å². The van der Waals surface area contributed by atoms with Crippen molar-refractivity contribution in [3.63, 3.8) is 0 Å². The van der Waals surface area contributed by atoms with Crippen LogP contribution >= 0.6 is 23.4 Å². The number of alkyl halides is 3. The number of fused-ring (bicyclic) bond motifs is 3. The molecule has 3 aromatic carbocycles. The van der Waals surface area contributed by atoms with Crippen molar-refractivity contribution in [3.05, 3.63) is 87.9 Å². The molecule has 0 radical (unpaired) electrons. The first-order valence-electron chi connectivity index (χ1n) is 14.8. The van der Waals surface area contributed by atoms with Crippen LogP contribution in [0, 0.1) is 11.3 Å². The summed E-state index contributed by atoms with van der Waals surface area (Å²) in [5.74, 6) is 1.26. The van der Waals surface area contributed by atoms with Crippen molar-refractivity contribution in [2.45, 2.75) is 69.7 Å². The Hall–Kier alpha value is -3.52. The highest BCUT2D eigenvalue weighted by Crippen LogP contribution is 2.42. The zero-order valence-corrected chi connectivity index (χ0v) is 26.4. The molecule has 2 unspecified atom stereocenters. The zero-order chi connectivity index (χ0) is 31.4. The Morgan fingerprint density at radius 2 is 1.82 bits per heavy atom. The fraction of sp³-hybridized carbons (Fsp3) is 0.364. The molecule has 3 aromatic rings. The molecule has 11 heteroatoms. The third-order valence-corrected chi connectivity index (χ3v) is 9.03. The van der Waals surface area contributed by atoms with Crippen LogP contribution in [-0.2, 0) is 6.18 Å². The third-order valence-electron chi connectivity index (χ3n) is 7.45. The average molecular weight is 639 g/mol. The Morgan fingerprint density at radius 3 is 2.48 bits per heavy atom. The first kappa shape index (κ1) is 31.9. The maximum atomic E-state index is 14.1. The smallest absolute Gasteiger partial charge is 0.290 e. The quantitative estimate of drug-likeness (QED) is 0.237. The number of hydrogen-bond acceptors (Lipinski definition) is 5. The second-order valence-corrected chi connectivity index (χ2v) is 12.3. The minimum Gasteiger partial charge on any atom is -0.290 e. The van der Waals surface area contributed by atoms with E-state index in [9.17, 15) is 18.4 Å². The van der Waals surface area contributed by atoms with Crippen molar-refractivity contribution in [1.82, 2.24) is 10.4 Å². The van der Waals surface area contributed by atoms with Gasteiger partial charge in [-0.05, 0) is 67.5 Å². The van der Waals surface area contributed by atoms with Crippen LogP contribution in [0.15, 0.2) is 75.5 Å². The first-order valence-corrected chi connectivity index (χ1v) is 16.2. The first-order chi connectivity index (χ1) is 21.2. The molecule has 2 aliphatic heterocycles. The summed E-state index contributed by atoms with van der Waals surface area (Å²) in [4.78, 5) is 13.0. The van der Waals surface area contributed by atoms with E-state index in [1.54, 1.807) is 12.1 Å². The second kappa shape index (κ2) is 13.6. The number of halogens is 4. The third kappa shape index (κ3) is 6.46. The number of nitrogens with one attached hydrogen (secondary N) is 1. The van der Waals surface area contributed by atoms with Gasteiger partial charge in [-0.25, -0.2) is 4.99 Å². The largest absolute Gasteiger partial charge is 0.416 e. The van der Waals surface area contributed by atoms with Gasteiger partial charge < -0.3 is 0 Å². The molecule has 5 rings (SSSR count). The molecule has 1 saturated heterocycles. The van der Waals surface area contributed by atoms with Gasteiger partial charge in [-0.2, -0.15) is 23.4 Å². The Labute approximate surface area is 265 Å². The van der Waals surface area contributed by atoms with Crippen molar-refractivity contribution in [1.29, 1.82) is 5.26 Å². The number of nitrogens with zero attached hydrogens (tertiary/aromatic N) is 5. The monoisotopic (exact) mass is 638 g/mol. The highest BCUT2D eigenvalue weighted by atomic mass is 35.5. The molecule has 0 amide bonds. The van der Waals surface area contributed by atoms with E-state index in [0.717, 1.165) is 36.8 Å². The van der Waals surface area contributed by atoms with E-state index < -0.39 is 11.7 Å². The molecule has 6 nitrogen and oxygen atoms in total. The molecule has 0 aliphatic carbocycles. The number of hydrogen-bond donors (Lipinski definition) is 1. The van der Waals surface area contributed by atoms with Gasteiger partial charge in [0.15, 0.2) is 0 Å². The van der Waals surface area contributed by atoms with Crippen LogP contribution < -0.4 is 10.3 Å². The summed E-state index contributed by atoms with van der Waals surface area (Å²) >= 11 is 8.49. The maximum absolute atomic E-state index is 14.1. The molecule has 0 aromatic heterocycles. The molecule has 0 saturated carbocycles. The van der Waals surface area contributed by atoms with Gasteiger partial charge in [0.05, 0.1) is 45.3 Å². The van der Waals surface area contributed by atoms with E-state index in [-0.39, 0.29) is 17.2 Å². The predicted molar refractivity (Wildman–Crippen MR) is 173 cm³/mol. The summed E-state index contributed by atoms with van der Waals surface area (Å²) in [5.41, 5.74) is 5.61. The number of aliphatic imine (C=N–C) groups is 2. The van der Waals surface area contributed by atoms with E-state index in [0.29, 0.717) is 51.9 Å². The number of nitriles is 1. The number of thioether (sulfide) groups is 1. The van der Waals surface area contributed by atoms with Gasteiger partial charge >= 0.3 is 6.18 Å². The van der Waals surface area contributed by atoms with Gasteiger partial charge in [-0.1, -0.05) is 57.0 Å². The Bertz CT molecular complexity index is 1600. The Kier molecular flexibility index (Phi) is 9.88. The summed E-state index contributed by atoms with van der Waals surface area (Å²) in [7, 11) is 0. The van der Waals surface area contributed by atoms with Gasteiger partial charge in [-0.15, -0.1) is 11.8 Å². The lowest BCUT2D eigenvalue weighted by Gasteiger charge is -2.32. The number of anilines is 1. The van der Waals surface area contributed by atoms with Crippen molar-refractivity contribution < 1.29 is 13.2 Å². The molecular weight excluding hydrogens is 605 g/mol. The minimum absolute atomic E-state index is 0.241. The lowest BCUT2D eigenvalue weighted by molar-refractivity contribution is -0.137. The van der Waals surface area contributed by atoms with Crippen LogP contribution in [0.4, 0.5) is 24.5 Å². The number of guanidine groups is 1. The Morgan fingerprint density at radius 1 is 1.05 bits per heavy atom. The lowest BCUT2D eigenvalue weighted by Crippen LogP contribution is -2.48. The maximum Gasteiger partial charge on any atom is 0.416 e. The Balaban J connectivity index is 1.84. The number of benzene rings is 3. The van der Waals surface area contributed by atoms with Gasteiger partial charge in [0.2, 0.25) is 5.96 Å². The molecule has 2 atom stereocenters. The molecule has 2 heterocycles. The highest BCUT2D eigenvalue weighted by Gasteiger charge is 2.46.